The second-order valence-corrected chi connectivity index (χ2v) is 5.46. The highest BCUT2D eigenvalue weighted by molar-refractivity contribution is 7.98. The molecule has 0 radical (unpaired) electrons. The molecule has 0 spiro atoms. The van der Waals surface area contributed by atoms with Crippen LogP contribution in [0.1, 0.15) is 18.3 Å². The van der Waals surface area contributed by atoms with Gasteiger partial charge in [-0.3, -0.25) is 9.78 Å². The SMILES string of the molecule is CCn1nc(C)c(Nc2ncnc3[nH]nc(SC)c23)c1C. The van der Waals surface area contributed by atoms with Crippen LogP contribution in [-0.2, 0) is 6.54 Å². The van der Waals surface area contributed by atoms with Gasteiger partial charge in [0.1, 0.15) is 17.2 Å². The first-order valence-electron chi connectivity index (χ1n) is 6.69. The average Bonchev–Trinajstić information content (AvgIpc) is 3.03. The highest BCUT2D eigenvalue weighted by Crippen LogP contribution is 2.31. The maximum atomic E-state index is 4.52. The largest absolute Gasteiger partial charge is 0.336 e. The number of aryl methyl sites for hydroxylation is 2. The Morgan fingerprint density at radius 3 is 2.81 bits per heavy atom. The number of hydrogen-bond acceptors (Lipinski definition) is 6. The lowest BCUT2D eigenvalue weighted by Gasteiger charge is -2.07. The quantitative estimate of drug-likeness (QED) is 0.721. The molecule has 8 heteroatoms. The summed E-state index contributed by atoms with van der Waals surface area (Å²) in [5.41, 5.74) is 3.77. The maximum absolute atomic E-state index is 4.52. The van der Waals surface area contributed by atoms with Gasteiger partial charge < -0.3 is 5.32 Å². The Balaban J connectivity index is 2.10. The summed E-state index contributed by atoms with van der Waals surface area (Å²) >= 11 is 1.56. The molecule has 0 bridgehead atoms. The van der Waals surface area contributed by atoms with Crippen LogP contribution in [0.2, 0.25) is 0 Å². The third-order valence-electron chi connectivity index (χ3n) is 3.44. The Morgan fingerprint density at radius 2 is 2.14 bits per heavy atom. The molecule has 0 atom stereocenters. The molecule has 0 fully saturated rings. The Morgan fingerprint density at radius 1 is 1.33 bits per heavy atom. The van der Waals surface area contributed by atoms with E-state index in [4.69, 9.17) is 0 Å². The lowest BCUT2D eigenvalue weighted by molar-refractivity contribution is 0.634. The van der Waals surface area contributed by atoms with Crippen LogP contribution < -0.4 is 5.32 Å². The van der Waals surface area contributed by atoms with E-state index in [9.17, 15) is 0 Å². The summed E-state index contributed by atoms with van der Waals surface area (Å²) in [4.78, 5) is 8.58. The zero-order valence-electron chi connectivity index (χ0n) is 12.4. The van der Waals surface area contributed by atoms with Gasteiger partial charge in [-0.05, 0) is 27.0 Å². The molecule has 0 aliphatic rings. The number of aromatic amines is 1. The lowest BCUT2D eigenvalue weighted by Crippen LogP contribution is -2.00. The van der Waals surface area contributed by atoms with E-state index < -0.39 is 0 Å². The van der Waals surface area contributed by atoms with Crippen molar-refractivity contribution in [3.05, 3.63) is 17.7 Å². The smallest absolute Gasteiger partial charge is 0.161 e. The van der Waals surface area contributed by atoms with Crippen molar-refractivity contribution in [3.8, 4) is 0 Å². The summed E-state index contributed by atoms with van der Waals surface area (Å²) in [6.07, 6.45) is 3.51. The molecule has 0 unspecified atom stereocenters. The predicted octanol–water partition coefficient (Wildman–Crippen LogP) is 2.65. The first-order chi connectivity index (χ1) is 10.2. The number of thioether (sulfide) groups is 1. The molecular formula is C13H17N7S. The van der Waals surface area contributed by atoms with Crippen LogP contribution in [0.4, 0.5) is 11.5 Å². The minimum absolute atomic E-state index is 0.732. The van der Waals surface area contributed by atoms with E-state index in [2.05, 4.69) is 44.4 Å². The van der Waals surface area contributed by atoms with Gasteiger partial charge in [-0.1, -0.05) is 0 Å². The van der Waals surface area contributed by atoms with Gasteiger partial charge in [0.2, 0.25) is 0 Å². The van der Waals surface area contributed by atoms with Crippen molar-refractivity contribution < 1.29 is 0 Å². The number of rotatable bonds is 4. The second-order valence-electron chi connectivity index (χ2n) is 4.67. The summed E-state index contributed by atoms with van der Waals surface area (Å²) < 4.78 is 1.97. The Kier molecular flexibility index (Phi) is 3.54. The van der Waals surface area contributed by atoms with E-state index in [-0.39, 0.29) is 0 Å². The standard InChI is InChI=1S/C13H17N7S/c1-5-20-8(3)10(7(2)19-20)16-11-9-12(15-6-14-11)17-18-13(9)21-4/h6H,5H2,1-4H3,(H2,14,15,16,17,18). The second kappa shape index (κ2) is 5.36. The summed E-state index contributed by atoms with van der Waals surface area (Å²) in [5.74, 6) is 0.750. The molecule has 3 aromatic rings. The fourth-order valence-corrected chi connectivity index (χ4v) is 2.91. The first kappa shape index (κ1) is 13.9. The van der Waals surface area contributed by atoms with Crippen LogP contribution in [0.15, 0.2) is 11.4 Å². The molecule has 3 aromatic heterocycles. The van der Waals surface area contributed by atoms with Crippen LogP contribution in [-0.4, -0.2) is 36.2 Å². The number of H-pyrrole nitrogens is 1. The van der Waals surface area contributed by atoms with Crippen molar-refractivity contribution in [1.29, 1.82) is 0 Å². The van der Waals surface area contributed by atoms with E-state index in [1.807, 2.05) is 17.9 Å². The monoisotopic (exact) mass is 303 g/mol. The number of anilines is 2. The molecule has 0 amide bonds. The summed E-state index contributed by atoms with van der Waals surface area (Å²) in [5, 5.41) is 16.9. The van der Waals surface area contributed by atoms with Crippen LogP contribution in [0.25, 0.3) is 11.0 Å². The third kappa shape index (κ3) is 2.25. The van der Waals surface area contributed by atoms with Gasteiger partial charge in [-0.15, -0.1) is 11.8 Å². The average molecular weight is 303 g/mol. The highest BCUT2D eigenvalue weighted by Gasteiger charge is 2.16. The van der Waals surface area contributed by atoms with Crippen LogP contribution >= 0.6 is 11.8 Å². The molecule has 0 aliphatic heterocycles. The molecule has 0 saturated carbocycles. The van der Waals surface area contributed by atoms with Gasteiger partial charge in [-0.2, -0.15) is 10.2 Å². The van der Waals surface area contributed by atoms with Crippen LogP contribution in [0.3, 0.4) is 0 Å². The molecule has 3 heterocycles. The molecule has 110 valence electrons. The number of nitrogens with one attached hydrogen (secondary N) is 2. The van der Waals surface area contributed by atoms with Crippen molar-refractivity contribution in [3.63, 3.8) is 0 Å². The van der Waals surface area contributed by atoms with Gasteiger partial charge in [0, 0.05) is 6.54 Å². The lowest BCUT2D eigenvalue weighted by atomic mass is 10.3. The highest BCUT2D eigenvalue weighted by atomic mass is 32.2. The minimum atomic E-state index is 0.732. The summed E-state index contributed by atoms with van der Waals surface area (Å²) in [6, 6.07) is 0. The molecular weight excluding hydrogens is 286 g/mol. The van der Waals surface area contributed by atoms with Gasteiger partial charge >= 0.3 is 0 Å². The molecule has 7 nitrogen and oxygen atoms in total. The first-order valence-corrected chi connectivity index (χ1v) is 7.92. The summed E-state index contributed by atoms with van der Waals surface area (Å²) in [6.45, 7) is 6.96. The molecule has 0 aromatic carbocycles. The predicted molar refractivity (Wildman–Crippen MR) is 84.1 cm³/mol. The van der Waals surface area contributed by atoms with Crippen LogP contribution in [0, 0.1) is 13.8 Å². The normalized spacial score (nSPS) is 11.2. The van der Waals surface area contributed by atoms with E-state index in [0.717, 1.165) is 45.5 Å². The zero-order valence-corrected chi connectivity index (χ0v) is 13.2. The molecule has 2 N–H and O–H groups in total. The van der Waals surface area contributed by atoms with Gasteiger partial charge in [-0.25, -0.2) is 9.97 Å². The van der Waals surface area contributed by atoms with Crippen LogP contribution in [0.5, 0.6) is 0 Å². The summed E-state index contributed by atoms with van der Waals surface area (Å²) in [7, 11) is 0. The van der Waals surface area contributed by atoms with Crippen molar-refractivity contribution in [2.75, 3.05) is 11.6 Å². The third-order valence-corrected chi connectivity index (χ3v) is 4.12. The zero-order chi connectivity index (χ0) is 15.0. The van der Waals surface area contributed by atoms with Crippen molar-refractivity contribution >= 4 is 34.3 Å². The minimum Gasteiger partial charge on any atom is -0.336 e. The number of aromatic nitrogens is 6. The fraction of sp³-hybridized carbons (Fsp3) is 0.385. The fourth-order valence-electron chi connectivity index (χ4n) is 2.38. The number of hydrogen-bond donors (Lipinski definition) is 2. The number of fused-ring (bicyclic) bond motifs is 1. The van der Waals surface area contributed by atoms with Gasteiger partial charge in [0.25, 0.3) is 0 Å². The molecule has 21 heavy (non-hydrogen) atoms. The molecule has 0 aliphatic carbocycles. The Hall–Kier alpha value is -2.09. The van der Waals surface area contributed by atoms with Gasteiger partial charge in [0.05, 0.1) is 22.5 Å². The topological polar surface area (TPSA) is 84.3 Å². The number of nitrogens with zero attached hydrogens (tertiary/aromatic N) is 5. The molecule has 0 saturated heterocycles. The van der Waals surface area contributed by atoms with Crippen molar-refractivity contribution in [1.82, 2.24) is 29.9 Å². The van der Waals surface area contributed by atoms with E-state index in [0.29, 0.717) is 0 Å². The van der Waals surface area contributed by atoms with Crippen molar-refractivity contribution in [2.24, 2.45) is 0 Å². The van der Waals surface area contributed by atoms with E-state index in [1.165, 1.54) is 6.33 Å². The van der Waals surface area contributed by atoms with E-state index >= 15 is 0 Å². The van der Waals surface area contributed by atoms with E-state index in [1.54, 1.807) is 11.8 Å². The van der Waals surface area contributed by atoms with Gasteiger partial charge in [0.15, 0.2) is 5.65 Å². The Bertz CT molecular complexity index is 789. The Labute approximate surface area is 126 Å². The van der Waals surface area contributed by atoms with Crippen molar-refractivity contribution in [2.45, 2.75) is 32.3 Å². The molecule has 3 rings (SSSR count). The maximum Gasteiger partial charge on any atom is 0.161 e.